The molecule has 0 saturated carbocycles. The molecule has 4 N–H and O–H groups in total. The van der Waals surface area contributed by atoms with Gasteiger partial charge in [0, 0.05) is 60.8 Å². The van der Waals surface area contributed by atoms with Gasteiger partial charge in [-0.25, -0.2) is 9.97 Å². The first-order chi connectivity index (χ1) is 16.7. The van der Waals surface area contributed by atoms with Crippen molar-refractivity contribution in [2.45, 2.75) is 12.8 Å². The van der Waals surface area contributed by atoms with E-state index in [1.54, 1.807) is 12.4 Å². The number of fused-ring (bicyclic) bond motifs is 3. The Labute approximate surface area is 201 Å². The summed E-state index contributed by atoms with van der Waals surface area (Å²) in [7, 11) is 6.01. The second kappa shape index (κ2) is 11.3. The zero-order valence-electron chi connectivity index (χ0n) is 19.8. The molecule has 0 unspecified atom stereocenters. The molecule has 4 rings (SSSR count). The van der Waals surface area contributed by atoms with Crippen LogP contribution in [-0.4, -0.2) is 81.7 Å². The number of nitrogens with one attached hydrogen (secondary N) is 2. The van der Waals surface area contributed by atoms with Crippen LogP contribution in [0.4, 0.5) is 5.95 Å². The monoisotopic (exact) mass is 480 g/mol. The van der Waals surface area contributed by atoms with Crippen molar-refractivity contribution < 1.29 is 19.8 Å². The molecule has 0 aliphatic carbocycles. The smallest absolute Gasteiger partial charge is 0.303 e. The summed E-state index contributed by atoms with van der Waals surface area (Å²) >= 11 is 0. The summed E-state index contributed by atoms with van der Waals surface area (Å²) in [5, 5.41) is 17.6. The van der Waals surface area contributed by atoms with Crippen LogP contribution in [0.25, 0.3) is 33.1 Å². The molecule has 0 saturated heterocycles. The number of carboxylic acids is 1. The van der Waals surface area contributed by atoms with Gasteiger partial charge in [-0.1, -0.05) is 6.07 Å². The molecule has 3 heterocycles. The Bertz CT molecular complexity index is 1390. The molecule has 0 bridgehead atoms. The zero-order chi connectivity index (χ0) is 25.5. The number of anilines is 1. The van der Waals surface area contributed by atoms with E-state index in [0.717, 1.165) is 40.7 Å². The van der Waals surface area contributed by atoms with Gasteiger partial charge in [-0.2, -0.15) is 0 Å². The van der Waals surface area contributed by atoms with E-state index in [-0.39, 0.29) is 18.5 Å². The van der Waals surface area contributed by atoms with Gasteiger partial charge in [-0.05, 0) is 44.3 Å². The van der Waals surface area contributed by atoms with E-state index in [0.29, 0.717) is 23.4 Å². The lowest BCUT2D eigenvalue weighted by Crippen LogP contribution is -2.29. The summed E-state index contributed by atoms with van der Waals surface area (Å²) in [4.78, 5) is 51.1. The van der Waals surface area contributed by atoms with Crippen molar-refractivity contribution in [2.75, 3.05) is 39.1 Å². The average Bonchev–Trinajstić information content (AvgIpc) is 3.27. The number of aryl methyl sites for hydroxylation is 1. The van der Waals surface area contributed by atoms with Crippen molar-refractivity contribution in [1.82, 2.24) is 24.8 Å². The summed E-state index contributed by atoms with van der Waals surface area (Å²) in [6, 6.07) is 7.62. The van der Waals surface area contributed by atoms with Crippen LogP contribution >= 0.6 is 0 Å². The van der Waals surface area contributed by atoms with Crippen LogP contribution in [0.2, 0.25) is 0 Å². The molecule has 11 heteroatoms. The van der Waals surface area contributed by atoms with Gasteiger partial charge in [-0.15, -0.1) is 0 Å². The highest BCUT2D eigenvalue weighted by Gasteiger charge is 2.14. The molecule has 0 aliphatic rings. The molecule has 3 aromatic heterocycles. The Morgan fingerprint density at radius 3 is 2.60 bits per heavy atom. The molecule has 184 valence electrons. The number of aromatic amines is 2. The van der Waals surface area contributed by atoms with E-state index in [2.05, 4.69) is 19.9 Å². The van der Waals surface area contributed by atoms with E-state index in [9.17, 15) is 9.59 Å². The number of benzene rings is 1. The fourth-order valence-corrected chi connectivity index (χ4v) is 3.74. The largest absolute Gasteiger partial charge is 0.483 e. The van der Waals surface area contributed by atoms with Gasteiger partial charge in [0.05, 0.1) is 5.69 Å². The Morgan fingerprint density at radius 2 is 1.91 bits per heavy atom. The lowest BCUT2D eigenvalue weighted by Gasteiger charge is -2.19. The van der Waals surface area contributed by atoms with E-state index in [1.807, 2.05) is 50.3 Å². The SMILES string of the molecule is CN(C)CCN(C)c1nccc(-c2ccc3[nH]c(=O)c4[nH]cc(CCC(=O)O)c4c3c2)n1.O=CO. The van der Waals surface area contributed by atoms with Crippen molar-refractivity contribution in [3.8, 4) is 11.3 Å². The molecular weight excluding hydrogens is 452 g/mol. The Balaban J connectivity index is 0.00000108. The lowest BCUT2D eigenvalue weighted by atomic mass is 10.0. The number of hydrogen-bond donors (Lipinski definition) is 4. The topological polar surface area (TPSA) is 156 Å². The standard InChI is InChI=1S/C23H26N6O3.CH2O2/c1-28(2)10-11-29(3)23-24-9-8-17(27-23)14-4-6-18-16(12-14)20-15(5-7-19(30)31)13-25-21(20)22(32)26-18;2-1-3/h4,6,8-9,12-13,25H,5,7,10-11H2,1-3H3,(H,26,32)(H,30,31);1H,(H,2,3). The Kier molecular flexibility index (Phi) is 8.16. The number of nitrogens with zero attached hydrogens (tertiary/aromatic N) is 4. The van der Waals surface area contributed by atoms with Crippen LogP contribution in [-0.2, 0) is 16.0 Å². The molecule has 35 heavy (non-hydrogen) atoms. The first kappa shape index (κ1) is 25.4. The number of H-pyrrole nitrogens is 2. The van der Waals surface area contributed by atoms with Crippen LogP contribution in [0.5, 0.6) is 0 Å². The van der Waals surface area contributed by atoms with Crippen LogP contribution in [0, 0.1) is 0 Å². The lowest BCUT2D eigenvalue weighted by molar-refractivity contribution is -0.137. The minimum absolute atomic E-state index is 0.00447. The van der Waals surface area contributed by atoms with Crippen molar-refractivity contribution in [3.63, 3.8) is 0 Å². The highest BCUT2D eigenvalue weighted by Crippen LogP contribution is 2.29. The number of likely N-dealkylation sites (N-methyl/N-ethyl adjacent to an activating group) is 2. The van der Waals surface area contributed by atoms with Gasteiger partial charge in [0.15, 0.2) is 0 Å². The Hall–Kier alpha value is -4.25. The van der Waals surface area contributed by atoms with Crippen molar-refractivity contribution in [3.05, 3.63) is 52.6 Å². The maximum absolute atomic E-state index is 12.5. The number of aliphatic carboxylic acids is 1. The minimum Gasteiger partial charge on any atom is -0.483 e. The zero-order valence-corrected chi connectivity index (χ0v) is 19.8. The first-order valence-corrected chi connectivity index (χ1v) is 10.9. The normalized spacial score (nSPS) is 10.9. The van der Waals surface area contributed by atoms with Crippen LogP contribution in [0.1, 0.15) is 12.0 Å². The van der Waals surface area contributed by atoms with E-state index in [4.69, 9.17) is 20.0 Å². The third-order valence-electron chi connectivity index (χ3n) is 5.50. The molecule has 0 amide bonds. The van der Waals surface area contributed by atoms with Crippen molar-refractivity contribution in [2.24, 2.45) is 0 Å². The molecule has 0 fully saturated rings. The van der Waals surface area contributed by atoms with Gasteiger partial charge in [0.1, 0.15) is 5.52 Å². The highest BCUT2D eigenvalue weighted by molar-refractivity contribution is 6.07. The second-order valence-electron chi connectivity index (χ2n) is 8.24. The fourth-order valence-electron chi connectivity index (χ4n) is 3.74. The second-order valence-corrected chi connectivity index (χ2v) is 8.24. The number of carboxylic acid groups (broad SMARTS) is 2. The molecule has 0 spiro atoms. The van der Waals surface area contributed by atoms with E-state index < -0.39 is 5.97 Å². The number of hydrogen-bond acceptors (Lipinski definition) is 7. The molecule has 1 aromatic carbocycles. The van der Waals surface area contributed by atoms with Crippen LogP contribution in [0.3, 0.4) is 0 Å². The van der Waals surface area contributed by atoms with E-state index in [1.165, 1.54) is 0 Å². The molecule has 0 radical (unpaired) electrons. The van der Waals surface area contributed by atoms with Gasteiger partial charge in [0.25, 0.3) is 12.0 Å². The predicted octanol–water partition coefficient (Wildman–Crippen LogP) is 2.18. The van der Waals surface area contributed by atoms with E-state index >= 15 is 0 Å². The number of aromatic nitrogens is 4. The van der Waals surface area contributed by atoms with Gasteiger partial charge in [0.2, 0.25) is 5.95 Å². The highest BCUT2D eigenvalue weighted by atomic mass is 16.4. The van der Waals surface area contributed by atoms with Crippen molar-refractivity contribution >= 4 is 40.2 Å². The maximum atomic E-state index is 12.5. The first-order valence-electron chi connectivity index (χ1n) is 10.9. The quantitative estimate of drug-likeness (QED) is 0.278. The molecule has 0 atom stereocenters. The van der Waals surface area contributed by atoms with Gasteiger partial charge in [-0.3, -0.25) is 14.4 Å². The average molecular weight is 481 g/mol. The summed E-state index contributed by atoms with van der Waals surface area (Å²) in [5.74, 6) is -0.235. The molecule has 11 nitrogen and oxygen atoms in total. The van der Waals surface area contributed by atoms with Crippen LogP contribution in [0.15, 0.2) is 41.5 Å². The maximum Gasteiger partial charge on any atom is 0.303 e. The summed E-state index contributed by atoms with van der Waals surface area (Å²) in [5.41, 5.74) is 3.38. The number of carbonyl (C=O) groups is 2. The molecular formula is C24H28N6O5. The third-order valence-corrected chi connectivity index (χ3v) is 5.50. The molecule has 4 aromatic rings. The summed E-state index contributed by atoms with van der Waals surface area (Å²) in [6.45, 7) is 1.43. The van der Waals surface area contributed by atoms with Crippen LogP contribution < -0.4 is 10.5 Å². The predicted molar refractivity (Wildman–Crippen MR) is 134 cm³/mol. The summed E-state index contributed by atoms with van der Waals surface area (Å²) in [6.07, 6.45) is 3.80. The fraction of sp³-hybridized carbons (Fsp3) is 0.292. The van der Waals surface area contributed by atoms with Crippen molar-refractivity contribution in [1.29, 1.82) is 0 Å². The summed E-state index contributed by atoms with van der Waals surface area (Å²) < 4.78 is 0. The minimum atomic E-state index is -0.874. The Morgan fingerprint density at radius 1 is 1.17 bits per heavy atom. The van der Waals surface area contributed by atoms with Gasteiger partial charge < -0.3 is 30.0 Å². The molecule has 0 aliphatic heterocycles. The number of rotatable bonds is 8. The third kappa shape index (κ3) is 6.01. The number of pyridine rings is 1. The van der Waals surface area contributed by atoms with Gasteiger partial charge >= 0.3 is 5.97 Å².